The van der Waals surface area contributed by atoms with E-state index < -0.39 is 11.6 Å². The minimum Gasteiger partial charge on any atom is -0.442 e. The first kappa shape index (κ1) is 17.0. The highest BCUT2D eigenvalue weighted by atomic mass is 19.2. The van der Waals surface area contributed by atoms with Crippen molar-refractivity contribution in [3.05, 3.63) is 53.2 Å². The molecule has 2 aromatic heterocycles. The predicted octanol–water partition coefficient (Wildman–Crippen LogP) is 3.31. The molecule has 0 spiro atoms. The average molecular weight is 385 g/mol. The molecule has 0 bridgehead atoms. The number of aromatic nitrogens is 4. The number of halogens is 2. The summed E-state index contributed by atoms with van der Waals surface area (Å²) < 4.78 is 34.1. The van der Waals surface area contributed by atoms with Crippen LogP contribution in [0.2, 0.25) is 0 Å². The molecule has 7 nitrogen and oxygen atoms in total. The van der Waals surface area contributed by atoms with Gasteiger partial charge in [-0.1, -0.05) is 0 Å². The van der Waals surface area contributed by atoms with Gasteiger partial charge in [0.2, 0.25) is 5.82 Å². The summed E-state index contributed by atoms with van der Waals surface area (Å²) in [5, 5.41) is 8.44. The van der Waals surface area contributed by atoms with Gasteiger partial charge in [0.15, 0.2) is 17.5 Å². The van der Waals surface area contributed by atoms with Gasteiger partial charge >= 0.3 is 0 Å². The van der Waals surface area contributed by atoms with Gasteiger partial charge in [-0.3, -0.25) is 4.79 Å². The summed E-state index contributed by atoms with van der Waals surface area (Å²) >= 11 is 0. The van der Waals surface area contributed by atoms with Crippen LogP contribution in [0.4, 0.5) is 8.78 Å². The Morgan fingerprint density at radius 1 is 1.18 bits per heavy atom. The molecule has 1 saturated carbocycles. The zero-order chi connectivity index (χ0) is 19.4. The van der Waals surface area contributed by atoms with Gasteiger partial charge in [-0.25, -0.2) is 13.8 Å². The highest BCUT2D eigenvalue weighted by molar-refractivity contribution is 5.94. The van der Waals surface area contributed by atoms with Crippen molar-refractivity contribution in [1.82, 2.24) is 24.6 Å². The largest absolute Gasteiger partial charge is 0.442 e. The Bertz CT molecular complexity index is 1070. The molecule has 0 N–H and O–H groups in total. The van der Waals surface area contributed by atoms with E-state index in [2.05, 4.69) is 15.2 Å². The third-order valence-electron chi connectivity index (χ3n) is 5.32. The zero-order valence-electron chi connectivity index (χ0n) is 15.1. The quantitative estimate of drug-likeness (QED) is 0.691. The maximum Gasteiger partial charge on any atom is 0.265 e. The molecule has 1 fully saturated rings. The SMILES string of the molecule is C[C@@H]1c2nnc(-c3nc(C4CC4)co3)n2CCN1C(=O)c1ccc(F)c(F)c1. The summed E-state index contributed by atoms with van der Waals surface area (Å²) in [6.07, 6.45) is 3.92. The summed E-state index contributed by atoms with van der Waals surface area (Å²) in [6.45, 7) is 2.66. The van der Waals surface area contributed by atoms with Crippen molar-refractivity contribution in [3.63, 3.8) is 0 Å². The van der Waals surface area contributed by atoms with Crippen molar-refractivity contribution in [2.45, 2.75) is 38.3 Å². The van der Waals surface area contributed by atoms with Crippen LogP contribution in [0.1, 0.15) is 53.6 Å². The van der Waals surface area contributed by atoms with E-state index in [1.54, 1.807) is 11.2 Å². The predicted molar refractivity (Wildman–Crippen MR) is 93.3 cm³/mol. The number of carbonyl (C=O) groups is 1. The van der Waals surface area contributed by atoms with Crippen LogP contribution in [-0.2, 0) is 6.54 Å². The molecule has 1 aliphatic heterocycles. The van der Waals surface area contributed by atoms with Gasteiger partial charge in [0.05, 0.1) is 11.7 Å². The van der Waals surface area contributed by atoms with Gasteiger partial charge in [-0.2, -0.15) is 0 Å². The van der Waals surface area contributed by atoms with Crippen LogP contribution in [0.5, 0.6) is 0 Å². The fourth-order valence-electron chi connectivity index (χ4n) is 3.57. The van der Waals surface area contributed by atoms with Gasteiger partial charge in [0.1, 0.15) is 6.26 Å². The lowest BCUT2D eigenvalue weighted by molar-refractivity contribution is 0.0637. The fourth-order valence-corrected chi connectivity index (χ4v) is 3.57. The number of amides is 1. The first-order chi connectivity index (χ1) is 13.5. The Balaban J connectivity index is 1.42. The summed E-state index contributed by atoms with van der Waals surface area (Å²) in [6, 6.07) is 2.78. The summed E-state index contributed by atoms with van der Waals surface area (Å²) in [5.41, 5.74) is 1.03. The van der Waals surface area contributed by atoms with E-state index in [0.29, 0.717) is 36.5 Å². The minimum atomic E-state index is -1.05. The van der Waals surface area contributed by atoms with E-state index in [9.17, 15) is 13.6 Å². The van der Waals surface area contributed by atoms with Crippen LogP contribution in [0.25, 0.3) is 11.7 Å². The summed E-state index contributed by atoms with van der Waals surface area (Å²) in [7, 11) is 0. The van der Waals surface area contributed by atoms with Crippen molar-refractivity contribution in [2.24, 2.45) is 0 Å². The molecule has 9 heteroatoms. The Morgan fingerprint density at radius 2 is 2.00 bits per heavy atom. The Kier molecular flexibility index (Phi) is 3.78. The molecule has 0 saturated heterocycles. The molecule has 1 aliphatic carbocycles. The maximum absolute atomic E-state index is 13.5. The smallest absolute Gasteiger partial charge is 0.265 e. The molecule has 3 heterocycles. The summed E-state index contributed by atoms with van der Waals surface area (Å²) in [4.78, 5) is 18.9. The lowest BCUT2D eigenvalue weighted by Gasteiger charge is -2.33. The van der Waals surface area contributed by atoms with E-state index >= 15 is 0 Å². The zero-order valence-corrected chi connectivity index (χ0v) is 15.1. The van der Waals surface area contributed by atoms with Gasteiger partial charge < -0.3 is 13.9 Å². The van der Waals surface area contributed by atoms with Crippen LogP contribution in [0.15, 0.2) is 28.9 Å². The van der Waals surface area contributed by atoms with E-state index in [1.807, 2.05) is 11.5 Å². The van der Waals surface area contributed by atoms with E-state index in [1.165, 1.54) is 6.07 Å². The average Bonchev–Trinajstić information content (AvgIpc) is 3.25. The monoisotopic (exact) mass is 385 g/mol. The van der Waals surface area contributed by atoms with Crippen LogP contribution in [0, 0.1) is 11.6 Å². The normalized spacial score (nSPS) is 19.0. The van der Waals surface area contributed by atoms with Gasteiger partial charge in [0.25, 0.3) is 11.8 Å². The van der Waals surface area contributed by atoms with E-state index in [-0.39, 0.29) is 17.5 Å². The van der Waals surface area contributed by atoms with Crippen molar-refractivity contribution in [2.75, 3.05) is 6.54 Å². The molecule has 144 valence electrons. The number of hydrogen-bond acceptors (Lipinski definition) is 5. The second kappa shape index (κ2) is 6.22. The Morgan fingerprint density at radius 3 is 2.75 bits per heavy atom. The standard InChI is InChI=1S/C19H17F2N5O2/c1-10-16-23-24-17(18-22-15(9-28-18)11-2-3-11)26(16)7-6-25(10)19(27)12-4-5-13(20)14(21)8-12/h4-5,8-11H,2-3,6-7H2,1H3/t10-/m1/s1. The second-order valence-electron chi connectivity index (χ2n) is 7.19. The Labute approximate surface area is 159 Å². The maximum atomic E-state index is 13.5. The van der Waals surface area contributed by atoms with E-state index in [0.717, 1.165) is 30.7 Å². The number of oxazole rings is 1. The molecular weight excluding hydrogens is 368 g/mol. The van der Waals surface area contributed by atoms with Crippen molar-refractivity contribution >= 4 is 5.91 Å². The lowest BCUT2D eigenvalue weighted by atomic mass is 10.1. The number of carbonyl (C=O) groups excluding carboxylic acids is 1. The number of fused-ring (bicyclic) bond motifs is 1. The molecule has 1 amide bonds. The topological polar surface area (TPSA) is 77.1 Å². The fraction of sp³-hybridized carbons (Fsp3) is 0.368. The molecular formula is C19H17F2N5O2. The molecule has 1 atom stereocenters. The molecule has 2 aliphatic rings. The first-order valence-corrected chi connectivity index (χ1v) is 9.18. The molecule has 3 aromatic rings. The van der Waals surface area contributed by atoms with Crippen molar-refractivity contribution in [1.29, 1.82) is 0 Å². The Hall–Kier alpha value is -3.10. The van der Waals surface area contributed by atoms with Gasteiger partial charge in [0, 0.05) is 24.6 Å². The van der Waals surface area contributed by atoms with Crippen LogP contribution < -0.4 is 0 Å². The van der Waals surface area contributed by atoms with Crippen molar-refractivity contribution < 1.29 is 18.0 Å². The van der Waals surface area contributed by atoms with Crippen LogP contribution in [0.3, 0.4) is 0 Å². The minimum absolute atomic E-state index is 0.0979. The molecule has 0 radical (unpaired) electrons. The number of nitrogens with zero attached hydrogens (tertiary/aromatic N) is 5. The summed E-state index contributed by atoms with van der Waals surface area (Å²) in [5.74, 6) is -0.371. The molecule has 28 heavy (non-hydrogen) atoms. The first-order valence-electron chi connectivity index (χ1n) is 9.18. The number of hydrogen-bond donors (Lipinski definition) is 0. The van der Waals surface area contributed by atoms with Crippen molar-refractivity contribution in [3.8, 4) is 11.7 Å². The lowest BCUT2D eigenvalue weighted by Crippen LogP contribution is -2.41. The number of rotatable bonds is 3. The third-order valence-corrected chi connectivity index (χ3v) is 5.32. The number of benzene rings is 1. The van der Waals surface area contributed by atoms with E-state index in [4.69, 9.17) is 4.42 Å². The molecule has 0 unspecified atom stereocenters. The molecule has 5 rings (SSSR count). The van der Waals surface area contributed by atoms with Gasteiger partial charge in [-0.15, -0.1) is 10.2 Å². The second-order valence-corrected chi connectivity index (χ2v) is 7.19. The molecule has 1 aromatic carbocycles. The van der Waals surface area contributed by atoms with Crippen LogP contribution >= 0.6 is 0 Å². The highest BCUT2D eigenvalue weighted by Crippen LogP contribution is 2.40. The highest BCUT2D eigenvalue weighted by Gasteiger charge is 2.34. The van der Waals surface area contributed by atoms with Gasteiger partial charge in [-0.05, 0) is 38.0 Å². The third kappa shape index (κ3) is 2.69. The van der Waals surface area contributed by atoms with Crippen LogP contribution in [-0.4, -0.2) is 37.1 Å².